The first kappa shape index (κ1) is 15.9. The van der Waals surface area contributed by atoms with Crippen LogP contribution in [0.5, 0.6) is 5.88 Å². The lowest BCUT2D eigenvalue weighted by molar-refractivity contribution is -0.276. The molecule has 0 aliphatic rings. The maximum absolute atomic E-state index is 12.5. The summed E-state index contributed by atoms with van der Waals surface area (Å²) < 4.78 is 64.7. The van der Waals surface area contributed by atoms with E-state index in [-0.39, 0.29) is 5.56 Å². The number of pyridine rings is 1. The molecule has 10 heteroatoms. The van der Waals surface area contributed by atoms with Crippen molar-refractivity contribution in [3.8, 4) is 5.88 Å². The Bertz CT molecular complexity index is 492. The summed E-state index contributed by atoms with van der Waals surface area (Å²) in [5.74, 6) is -1.86. The quantitative estimate of drug-likeness (QED) is 0.477. The SMILES string of the molecule is O=C(Cl)c1c(CCl)cc(C(F)F)nc1OC(F)(F)F. The molecule has 19 heavy (non-hydrogen) atoms. The summed E-state index contributed by atoms with van der Waals surface area (Å²) in [5.41, 5.74) is -2.12. The number of hydrogen-bond donors (Lipinski definition) is 0. The van der Waals surface area contributed by atoms with E-state index in [1.54, 1.807) is 0 Å². The van der Waals surface area contributed by atoms with E-state index in [0.29, 0.717) is 6.07 Å². The van der Waals surface area contributed by atoms with E-state index in [2.05, 4.69) is 9.72 Å². The van der Waals surface area contributed by atoms with Gasteiger partial charge in [-0.2, -0.15) is 0 Å². The van der Waals surface area contributed by atoms with Gasteiger partial charge in [0.2, 0.25) is 5.88 Å². The van der Waals surface area contributed by atoms with E-state index in [1.165, 1.54) is 0 Å². The number of hydrogen-bond acceptors (Lipinski definition) is 3. The van der Waals surface area contributed by atoms with Crippen molar-refractivity contribution in [3.63, 3.8) is 0 Å². The second kappa shape index (κ2) is 5.87. The number of nitrogens with zero attached hydrogens (tertiary/aromatic N) is 1. The van der Waals surface area contributed by atoms with E-state index >= 15 is 0 Å². The van der Waals surface area contributed by atoms with Gasteiger partial charge in [-0.25, -0.2) is 13.8 Å². The Labute approximate surface area is 113 Å². The molecule has 106 valence electrons. The van der Waals surface area contributed by atoms with Gasteiger partial charge in [-0.15, -0.1) is 24.8 Å². The fraction of sp³-hybridized carbons (Fsp3) is 0.333. The third-order valence-electron chi connectivity index (χ3n) is 1.86. The second-order valence-corrected chi connectivity index (χ2v) is 3.75. The van der Waals surface area contributed by atoms with Crippen molar-refractivity contribution in [2.75, 3.05) is 0 Å². The molecule has 1 aromatic rings. The van der Waals surface area contributed by atoms with Gasteiger partial charge in [0, 0.05) is 5.88 Å². The Morgan fingerprint density at radius 2 is 2.00 bits per heavy atom. The van der Waals surface area contributed by atoms with Gasteiger partial charge in [0.15, 0.2) is 0 Å². The van der Waals surface area contributed by atoms with Crippen molar-refractivity contribution < 1.29 is 31.5 Å². The zero-order valence-corrected chi connectivity index (χ0v) is 10.3. The van der Waals surface area contributed by atoms with E-state index in [9.17, 15) is 26.7 Å². The number of ether oxygens (including phenoxy) is 1. The Morgan fingerprint density at radius 1 is 1.42 bits per heavy atom. The lowest BCUT2D eigenvalue weighted by Crippen LogP contribution is -2.20. The molecule has 0 N–H and O–H groups in total. The molecule has 0 fully saturated rings. The summed E-state index contributed by atoms with van der Waals surface area (Å²) in [7, 11) is 0. The van der Waals surface area contributed by atoms with Crippen LogP contribution in [0.15, 0.2) is 6.07 Å². The van der Waals surface area contributed by atoms with Crippen molar-refractivity contribution in [2.24, 2.45) is 0 Å². The van der Waals surface area contributed by atoms with Crippen molar-refractivity contribution in [3.05, 3.63) is 22.9 Å². The molecule has 0 unspecified atom stereocenters. The van der Waals surface area contributed by atoms with Gasteiger partial charge in [0.05, 0.1) is 0 Å². The number of halogens is 7. The average Bonchev–Trinajstić information content (AvgIpc) is 2.24. The van der Waals surface area contributed by atoms with Crippen LogP contribution in [-0.4, -0.2) is 16.6 Å². The molecule has 0 aliphatic carbocycles. The third kappa shape index (κ3) is 4.17. The molecule has 0 radical (unpaired) electrons. The molecule has 3 nitrogen and oxygen atoms in total. The monoisotopic (exact) mass is 323 g/mol. The first-order chi connectivity index (χ1) is 8.65. The highest BCUT2D eigenvalue weighted by molar-refractivity contribution is 6.68. The lowest BCUT2D eigenvalue weighted by atomic mass is 10.1. The van der Waals surface area contributed by atoms with Crippen LogP contribution in [0.1, 0.15) is 28.0 Å². The van der Waals surface area contributed by atoms with E-state index in [4.69, 9.17) is 23.2 Å². The van der Waals surface area contributed by atoms with Gasteiger partial charge in [-0.3, -0.25) is 4.79 Å². The van der Waals surface area contributed by atoms with Crippen molar-refractivity contribution in [1.29, 1.82) is 0 Å². The standard InChI is InChI=1S/C9H4Cl2F5NO2/c10-2-3-1-4(7(12)13)17-8(5(3)6(11)18)19-9(14,15)16/h1,7H,2H2. The molecular weight excluding hydrogens is 320 g/mol. The van der Waals surface area contributed by atoms with Gasteiger partial charge in [-0.1, -0.05) is 0 Å². The highest BCUT2D eigenvalue weighted by Gasteiger charge is 2.35. The van der Waals surface area contributed by atoms with Crippen LogP contribution in [0.2, 0.25) is 0 Å². The number of aromatic nitrogens is 1. The van der Waals surface area contributed by atoms with Crippen molar-refractivity contribution >= 4 is 28.4 Å². The maximum atomic E-state index is 12.5. The van der Waals surface area contributed by atoms with Crippen LogP contribution in [0.25, 0.3) is 0 Å². The zero-order chi connectivity index (χ0) is 14.8. The molecule has 0 aliphatic heterocycles. The summed E-state index contributed by atoms with van der Waals surface area (Å²) in [6.07, 6.45) is -8.37. The molecule has 0 saturated carbocycles. The average molecular weight is 324 g/mol. The van der Waals surface area contributed by atoms with Gasteiger partial charge >= 0.3 is 6.36 Å². The first-order valence-electron chi connectivity index (χ1n) is 4.49. The Kier molecular flexibility index (Phi) is 4.92. The predicted octanol–water partition coefficient (Wildman–Crippen LogP) is 4.04. The minimum Gasteiger partial charge on any atom is -0.387 e. The van der Waals surface area contributed by atoms with Crippen LogP contribution in [0.4, 0.5) is 22.0 Å². The van der Waals surface area contributed by atoms with Crippen molar-refractivity contribution in [2.45, 2.75) is 18.7 Å². The van der Waals surface area contributed by atoms with Crippen LogP contribution in [-0.2, 0) is 5.88 Å². The highest BCUT2D eigenvalue weighted by Crippen LogP contribution is 2.32. The third-order valence-corrected chi connectivity index (χ3v) is 2.34. The maximum Gasteiger partial charge on any atom is 0.574 e. The van der Waals surface area contributed by atoms with Crippen LogP contribution in [0.3, 0.4) is 0 Å². The molecule has 0 amide bonds. The largest absolute Gasteiger partial charge is 0.574 e. The lowest BCUT2D eigenvalue weighted by Gasteiger charge is -2.14. The summed E-state index contributed by atoms with van der Waals surface area (Å²) in [6, 6.07) is 0.691. The Morgan fingerprint density at radius 3 is 2.37 bits per heavy atom. The molecule has 1 rings (SSSR count). The number of alkyl halides is 6. The predicted molar refractivity (Wildman–Crippen MR) is 55.6 cm³/mol. The molecule has 0 spiro atoms. The summed E-state index contributed by atoms with van der Waals surface area (Å²) >= 11 is 10.5. The summed E-state index contributed by atoms with van der Waals surface area (Å²) in [5, 5.41) is -1.34. The fourth-order valence-electron chi connectivity index (χ4n) is 1.20. The van der Waals surface area contributed by atoms with Gasteiger partial charge in [0.1, 0.15) is 11.3 Å². The number of carbonyl (C=O) groups is 1. The van der Waals surface area contributed by atoms with Crippen LogP contribution in [0, 0.1) is 0 Å². The molecule has 0 aromatic carbocycles. The molecular formula is C9H4Cl2F5NO2. The van der Waals surface area contributed by atoms with Gasteiger partial charge < -0.3 is 4.74 Å². The zero-order valence-electron chi connectivity index (χ0n) is 8.77. The Hall–Kier alpha value is -1.15. The summed E-state index contributed by atoms with van der Waals surface area (Å²) in [4.78, 5) is 14.0. The molecule has 0 atom stereocenters. The first-order valence-corrected chi connectivity index (χ1v) is 5.40. The van der Waals surface area contributed by atoms with E-state index in [0.717, 1.165) is 0 Å². The molecule has 1 aromatic heterocycles. The topological polar surface area (TPSA) is 39.2 Å². The number of carbonyl (C=O) groups excluding carboxylic acids is 1. The van der Waals surface area contributed by atoms with Crippen molar-refractivity contribution in [1.82, 2.24) is 4.98 Å². The minimum absolute atomic E-state index is 0.328. The second-order valence-electron chi connectivity index (χ2n) is 3.14. The minimum atomic E-state index is -5.21. The Balaban J connectivity index is 3.45. The highest BCUT2D eigenvalue weighted by atomic mass is 35.5. The van der Waals surface area contributed by atoms with E-state index < -0.39 is 41.0 Å². The van der Waals surface area contributed by atoms with Gasteiger partial charge in [-0.05, 0) is 23.2 Å². The van der Waals surface area contributed by atoms with Crippen LogP contribution < -0.4 is 4.74 Å². The fourth-order valence-corrected chi connectivity index (χ4v) is 1.62. The normalized spacial score (nSPS) is 11.8. The van der Waals surface area contributed by atoms with E-state index in [1.807, 2.05) is 0 Å². The molecule has 1 heterocycles. The van der Waals surface area contributed by atoms with Crippen LogP contribution >= 0.6 is 23.2 Å². The molecule has 0 saturated heterocycles. The number of rotatable bonds is 4. The smallest absolute Gasteiger partial charge is 0.387 e. The molecule has 0 bridgehead atoms. The van der Waals surface area contributed by atoms with Gasteiger partial charge in [0.25, 0.3) is 11.7 Å². The summed E-state index contributed by atoms with van der Waals surface area (Å²) in [6.45, 7) is 0.